The Kier molecular flexibility index (Phi) is 5.34. The Labute approximate surface area is 189 Å². The van der Waals surface area contributed by atoms with Crippen molar-refractivity contribution < 1.29 is 9.59 Å². The number of rotatable bonds is 5. The number of benzene rings is 1. The Morgan fingerprint density at radius 3 is 3.00 bits per heavy atom. The summed E-state index contributed by atoms with van der Waals surface area (Å²) in [6.45, 7) is 0.819. The molecule has 8 nitrogen and oxygen atoms in total. The Balaban J connectivity index is 1.40. The molecule has 1 unspecified atom stereocenters. The van der Waals surface area contributed by atoms with E-state index < -0.39 is 0 Å². The molecule has 0 bridgehead atoms. The van der Waals surface area contributed by atoms with Crippen molar-refractivity contribution in [3.63, 3.8) is 0 Å². The van der Waals surface area contributed by atoms with Crippen molar-refractivity contribution in [2.75, 3.05) is 26.0 Å². The monoisotopic (exact) mass is 448 g/mol. The van der Waals surface area contributed by atoms with Gasteiger partial charge in [0.15, 0.2) is 0 Å². The van der Waals surface area contributed by atoms with Crippen molar-refractivity contribution >= 4 is 51.1 Å². The molecule has 2 aliphatic rings. The summed E-state index contributed by atoms with van der Waals surface area (Å²) in [7, 11) is 3.26. The molecule has 9 heteroatoms. The summed E-state index contributed by atoms with van der Waals surface area (Å²) in [5, 5.41) is 7.08. The average molecular weight is 449 g/mol. The smallest absolute Gasteiger partial charge is 0.239 e. The van der Waals surface area contributed by atoms with Gasteiger partial charge in [-0.3, -0.25) is 14.6 Å². The third-order valence-corrected chi connectivity index (χ3v) is 7.29. The number of carbonyl (C=O) groups excluding carboxylic acids is 2. The Hall–Kier alpha value is -3.33. The zero-order valence-corrected chi connectivity index (χ0v) is 18.8. The van der Waals surface area contributed by atoms with Gasteiger partial charge in [-0.15, -0.1) is 11.3 Å². The van der Waals surface area contributed by atoms with Gasteiger partial charge in [0.25, 0.3) is 0 Å². The highest BCUT2D eigenvalue weighted by molar-refractivity contribution is 7.19. The predicted molar refractivity (Wildman–Crippen MR) is 126 cm³/mol. The minimum atomic E-state index is -0.164. The van der Waals surface area contributed by atoms with Gasteiger partial charge in [0.1, 0.15) is 17.0 Å². The molecule has 164 valence electrons. The van der Waals surface area contributed by atoms with Crippen LogP contribution in [0.4, 0.5) is 11.5 Å². The van der Waals surface area contributed by atoms with Crippen LogP contribution in [0.2, 0.25) is 0 Å². The van der Waals surface area contributed by atoms with Crippen LogP contribution in [0.3, 0.4) is 0 Å². The molecule has 0 saturated carbocycles. The number of aryl methyl sites for hydroxylation is 1. The number of likely N-dealkylation sites (N-methyl/N-ethyl adjacent to an activating group) is 2. The van der Waals surface area contributed by atoms with Crippen LogP contribution in [0.1, 0.15) is 28.0 Å². The van der Waals surface area contributed by atoms with Crippen molar-refractivity contribution in [1.29, 1.82) is 0 Å². The van der Waals surface area contributed by atoms with Gasteiger partial charge >= 0.3 is 0 Å². The van der Waals surface area contributed by atoms with E-state index in [0.717, 1.165) is 46.7 Å². The summed E-state index contributed by atoms with van der Waals surface area (Å²) in [6, 6.07) is 6.24. The number of anilines is 2. The van der Waals surface area contributed by atoms with Gasteiger partial charge in [-0.1, -0.05) is 6.07 Å². The van der Waals surface area contributed by atoms with Gasteiger partial charge in [-0.2, -0.15) is 0 Å². The SMILES string of the molecule is CNC(=O)CN(C)C(=O)C1CCc2c(sc3ncnc(Nc4ccc5c(c4)C=NC5)c23)C1. The van der Waals surface area contributed by atoms with E-state index >= 15 is 0 Å². The molecule has 3 aromatic rings. The Bertz CT molecular complexity index is 1250. The number of hydrogen-bond donors (Lipinski definition) is 2. The second-order valence-corrected chi connectivity index (χ2v) is 9.31. The zero-order chi connectivity index (χ0) is 22.2. The molecule has 5 rings (SSSR count). The maximum Gasteiger partial charge on any atom is 0.239 e. The molecule has 1 atom stereocenters. The topological polar surface area (TPSA) is 99.6 Å². The van der Waals surface area contributed by atoms with Crippen molar-refractivity contribution in [3.8, 4) is 0 Å². The first-order valence-electron chi connectivity index (χ1n) is 10.6. The number of nitrogens with one attached hydrogen (secondary N) is 2. The van der Waals surface area contributed by atoms with Crippen molar-refractivity contribution in [1.82, 2.24) is 20.2 Å². The van der Waals surface area contributed by atoms with Gasteiger partial charge in [0.05, 0.1) is 18.5 Å². The third kappa shape index (κ3) is 3.73. The van der Waals surface area contributed by atoms with Gasteiger partial charge in [-0.05, 0) is 48.1 Å². The molecule has 2 amide bonds. The summed E-state index contributed by atoms with van der Waals surface area (Å²) in [6.07, 6.45) is 5.70. The molecule has 0 radical (unpaired) electrons. The highest BCUT2D eigenvalue weighted by atomic mass is 32.1. The Morgan fingerprint density at radius 2 is 2.16 bits per heavy atom. The van der Waals surface area contributed by atoms with Crippen LogP contribution in [0.25, 0.3) is 10.2 Å². The number of amides is 2. The molecule has 0 saturated heterocycles. The van der Waals surface area contributed by atoms with E-state index in [2.05, 4.69) is 43.8 Å². The maximum absolute atomic E-state index is 12.9. The number of fused-ring (bicyclic) bond motifs is 4. The van der Waals surface area contributed by atoms with E-state index in [1.807, 2.05) is 6.21 Å². The molecule has 0 spiro atoms. The summed E-state index contributed by atoms with van der Waals surface area (Å²) in [5.41, 5.74) is 4.56. The average Bonchev–Trinajstić information content (AvgIpc) is 3.42. The largest absolute Gasteiger partial charge is 0.358 e. The summed E-state index contributed by atoms with van der Waals surface area (Å²) < 4.78 is 0. The number of carbonyl (C=O) groups is 2. The first kappa shape index (κ1) is 20.6. The number of nitrogens with zero attached hydrogens (tertiary/aromatic N) is 4. The highest BCUT2D eigenvalue weighted by Gasteiger charge is 2.31. The summed E-state index contributed by atoms with van der Waals surface area (Å²) in [5.74, 6) is 0.526. The predicted octanol–water partition coefficient (Wildman–Crippen LogP) is 2.68. The number of hydrogen-bond acceptors (Lipinski definition) is 7. The van der Waals surface area contributed by atoms with Crippen LogP contribution in [-0.2, 0) is 29.0 Å². The lowest BCUT2D eigenvalue weighted by atomic mass is 9.87. The second kappa shape index (κ2) is 8.31. The minimum Gasteiger partial charge on any atom is -0.358 e. The van der Waals surface area contributed by atoms with Gasteiger partial charge in [0, 0.05) is 36.8 Å². The standard InChI is InChI=1S/C23H24N6O2S/c1-24-19(30)11-29(2)23(31)13-4-6-17-18(8-13)32-22-20(17)21(26-12-27-22)28-16-5-3-14-9-25-10-15(14)7-16/h3,5,7,10,12-13H,4,6,8-9,11H2,1-2H3,(H,24,30)(H,26,27,28). The summed E-state index contributed by atoms with van der Waals surface area (Å²) in [4.78, 5) is 41.5. The second-order valence-electron chi connectivity index (χ2n) is 8.22. The fourth-order valence-electron chi connectivity index (χ4n) is 4.42. The van der Waals surface area contributed by atoms with E-state index in [4.69, 9.17) is 0 Å². The quantitative estimate of drug-likeness (QED) is 0.625. The maximum atomic E-state index is 12.9. The van der Waals surface area contributed by atoms with E-state index in [1.165, 1.54) is 20.9 Å². The van der Waals surface area contributed by atoms with Crippen molar-refractivity contribution in [3.05, 3.63) is 46.1 Å². The Morgan fingerprint density at radius 1 is 1.28 bits per heavy atom. The van der Waals surface area contributed by atoms with Crippen LogP contribution < -0.4 is 10.6 Å². The molecular formula is C23H24N6O2S. The normalized spacial score (nSPS) is 16.5. The third-order valence-electron chi connectivity index (χ3n) is 6.13. The lowest BCUT2D eigenvalue weighted by Crippen LogP contribution is -2.41. The molecule has 2 aromatic heterocycles. The van der Waals surface area contributed by atoms with Crippen LogP contribution in [0.5, 0.6) is 0 Å². The van der Waals surface area contributed by atoms with E-state index in [-0.39, 0.29) is 24.3 Å². The molecule has 1 aromatic carbocycles. The molecule has 32 heavy (non-hydrogen) atoms. The minimum absolute atomic E-state index is 0.0148. The van der Waals surface area contributed by atoms with Crippen LogP contribution >= 0.6 is 11.3 Å². The fourth-order valence-corrected chi connectivity index (χ4v) is 5.68. The molecule has 0 fully saturated rings. The molecular weight excluding hydrogens is 424 g/mol. The van der Waals surface area contributed by atoms with E-state index in [9.17, 15) is 9.59 Å². The highest BCUT2D eigenvalue weighted by Crippen LogP contribution is 2.40. The summed E-state index contributed by atoms with van der Waals surface area (Å²) >= 11 is 1.63. The number of thiophene rings is 1. The van der Waals surface area contributed by atoms with Crippen molar-refractivity contribution in [2.24, 2.45) is 10.9 Å². The van der Waals surface area contributed by atoms with Crippen LogP contribution in [0.15, 0.2) is 29.5 Å². The molecule has 2 N–H and O–H groups in total. The van der Waals surface area contributed by atoms with Crippen LogP contribution in [-0.4, -0.2) is 53.5 Å². The molecule has 1 aliphatic carbocycles. The van der Waals surface area contributed by atoms with Gasteiger partial charge < -0.3 is 15.5 Å². The molecule has 3 heterocycles. The van der Waals surface area contributed by atoms with E-state index in [0.29, 0.717) is 6.42 Å². The first-order valence-corrected chi connectivity index (χ1v) is 11.5. The van der Waals surface area contributed by atoms with E-state index in [1.54, 1.807) is 31.8 Å². The lowest BCUT2D eigenvalue weighted by molar-refractivity contribution is -0.138. The zero-order valence-electron chi connectivity index (χ0n) is 18.0. The van der Waals surface area contributed by atoms with Gasteiger partial charge in [0.2, 0.25) is 11.8 Å². The first-order chi connectivity index (χ1) is 15.5. The number of aromatic nitrogens is 2. The fraction of sp³-hybridized carbons (Fsp3) is 0.348. The number of aliphatic imine (C=N–C) groups is 1. The lowest BCUT2D eigenvalue weighted by Gasteiger charge is -2.26. The molecule has 1 aliphatic heterocycles. The van der Waals surface area contributed by atoms with Gasteiger partial charge in [-0.25, -0.2) is 9.97 Å². The van der Waals surface area contributed by atoms with Crippen molar-refractivity contribution in [2.45, 2.75) is 25.8 Å². The van der Waals surface area contributed by atoms with Crippen LogP contribution in [0, 0.1) is 5.92 Å².